The van der Waals surface area contributed by atoms with Crippen molar-refractivity contribution in [3.63, 3.8) is 0 Å². The lowest BCUT2D eigenvalue weighted by Gasteiger charge is -2.22. The van der Waals surface area contributed by atoms with Crippen LogP contribution in [0.15, 0.2) is 36.4 Å². The smallest absolute Gasteiger partial charge is 0.229 e. The van der Waals surface area contributed by atoms with Crippen molar-refractivity contribution in [2.75, 3.05) is 24.2 Å². The monoisotopic (exact) mass is 439 g/mol. The molecule has 30 heavy (non-hydrogen) atoms. The summed E-state index contributed by atoms with van der Waals surface area (Å²) < 4.78 is 36.2. The van der Waals surface area contributed by atoms with Crippen molar-refractivity contribution in [3.8, 4) is 17.2 Å². The molecule has 2 rings (SSSR count). The van der Waals surface area contributed by atoms with Crippen LogP contribution in [0.5, 0.6) is 17.2 Å². The van der Waals surface area contributed by atoms with Crippen LogP contribution in [-0.2, 0) is 16.6 Å². The first kappa shape index (κ1) is 23.7. The molecule has 166 valence electrons. The van der Waals surface area contributed by atoms with Gasteiger partial charge in [-0.15, -0.1) is 0 Å². The van der Waals surface area contributed by atoms with E-state index in [1.165, 1.54) is 18.2 Å². The van der Waals surface area contributed by atoms with E-state index in [4.69, 9.17) is 15.2 Å². The number of hydrogen-bond donors (Lipinski definition) is 5. The molecule has 9 nitrogen and oxygen atoms in total. The number of benzene rings is 2. The number of rotatable bonds is 11. The minimum atomic E-state index is -3.59. The molecule has 0 aliphatic carbocycles. The molecule has 0 aliphatic heterocycles. The lowest BCUT2D eigenvalue weighted by Crippen LogP contribution is -2.42. The molecular formula is C20H29N3O6S. The van der Waals surface area contributed by atoms with E-state index in [-0.39, 0.29) is 11.4 Å². The molecule has 0 aromatic heterocycles. The van der Waals surface area contributed by atoms with Gasteiger partial charge in [-0.1, -0.05) is 6.07 Å². The third-order valence-electron chi connectivity index (χ3n) is 4.10. The Bertz CT molecular complexity index is 927. The zero-order chi connectivity index (χ0) is 22.3. The van der Waals surface area contributed by atoms with Gasteiger partial charge in [0.2, 0.25) is 10.0 Å². The van der Waals surface area contributed by atoms with Gasteiger partial charge in [0.1, 0.15) is 23.4 Å². The number of phenols is 1. The minimum absolute atomic E-state index is 0.0352. The number of sulfonamides is 1. The van der Waals surface area contributed by atoms with Gasteiger partial charge in [0.25, 0.3) is 0 Å². The molecule has 0 aliphatic rings. The molecule has 0 heterocycles. The Labute approximate surface area is 176 Å². The van der Waals surface area contributed by atoms with Gasteiger partial charge < -0.3 is 25.4 Å². The van der Waals surface area contributed by atoms with Crippen LogP contribution in [0.2, 0.25) is 0 Å². The molecule has 2 aromatic carbocycles. The maximum Gasteiger partial charge on any atom is 0.229 e. The number of ether oxygens (including phenoxy) is 2. The van der Waals surface area contributed by atoms with Gasteiger partial charge in [-0.25, -0.2) is 8.42 Å². The molecule has 10 heteroatoms. The number of nitrogens with two attached hydrogens (primary N) is 1. The quantitative estimate of drug-likeness (QED) is 0.263. The maximum atomic E-state index is 11.4. The van der Waals surface area contributed by atoms with E-state index < -0.39 is 22.3 Å². The van der Waals surface area contributed by atoms with Gasteiger partial charge in [-0.3, -0.25) is 10.0 Å². The van der Waals surface area contributed by atoms with Crippen molar-refractivity contribution in [2.45, 2.75) is 32.7 Å². The number of aliphatic hydroxyl groups is 1. The summed E-state index contributed by atoms with van der Waals surface area (Å²) in [5, 5.41) is 23.4. The summed E-state index contributed by atoms with van der Waals surface area (Å²) in [7, 11) is -3.59. The lowest BCUT2D eigenvalue weighted by atomic mass is 10.1. The summed E-state index contributed by atoms with van der Waals surface area (Å²) in [4.78, 5) is 0. The Morgan fingerprint density at radius 2 is 1.67 bits per heavy atom. The molecule has 2 atom stereocenters. The summed E-state index contributed by atoms with van der Waals surface area (Å²) in [5.41, 5.74) is 7.25. The van der Waals surface area contributed by atoms with E-state index in [2.05, 4.69) is 10.0 Å². The zero-order valence-corrected chi connectivity index (χ0v) is 18.1. The number of aliphatic hydroxyl groups excluding tert-OH is 1. The molecule has 0 radical (unpaired) electrons. The van der Waals surface area contributed by atoms with Crippen LogP contribution < -0.4 is 25.2 Å². The van der Waals surface area contributed by atoms with Crippen LogP contribution in [-0.4, -0.2) is 44.3 Å². The van der Waals surface area contributed by atoms with Gasteiger partial charge in [-0.2, -0.15) is 0 Å². The van der Waals surface area contributed by atoms with Gasteiger partial charge in [0.15, 0.2) is 0 Å². The second kappa shape index (κ2) is 10.5. The Balaban J connectivity index is 2.11. The summed E-state index contributed by atoms with van der Waals surface area (Å²) in [6.07, 6.45) is -1.03. The Hall–Kier alpha value is -2.53. The van der Waals surface area contributed by atoms with Crippen molar-refractivity contribution in [1.29, 1.82) is 0 Å². The van der Waals surface area contributed by atoms with Crippen molar-refractivity contribution >= 4 is 15.7 Å². The molecule has 0 saturated heterocycles. The maximum absolute atomic E-state index is 11.4. The first-order valence-corrected chi connectivity index (χ1v) is 11.4. The van der Waals surface area contributed by atoms with Crippen molar-refractivity contribution in [1.82, 2.24) is 5.32 Å². The van der Waals surface area contributed by atoms with E-state index >= 15 is 0 Å². The van der Waals surface area contributed by atoms with Crippen LogP contribution in [0.3, 0.4) is 0 Å². The van der Waals surface area contributed by atoms with Gasteiger partial charge in [0, 0.05) is 12.6 Å². The Morgan fingerprint density at radius 3 is 2.20 bits per heavy atom. The van der Waals surface area contributed by atoms with Crippen molar-refractivity contribution < 1.29 is 28.1 Å². The Morgan fingerprint density at radius 1 is 1.07 bits per heavy atom. The third-order valence-corrected chi connectivity index (χ3v) is 4.69. The summed E-state index contributed by atoms with van der Waals surface area (Å²) in [5.74, 6) is 1.09. The van der Waals surface area contributed by atoms with Crippen LogP contribution in [0.4, 0.5) is 5.69 Å². The standard InChI is InChI=1S/C20H29N3O6S/c1-4-28-15-8-13(9-16(11-15)29-5-2)12-22-20(21)19(25)14-6-7-18(24)17(10-14)23-30(3,26)27/h6-11,19-20,22-25H,4-5,12,21H2,1-3H3/t19-,20-/m1/s1. The average molecular weight is 440 g/mol. The predicted octanol–water partition coefficient (Wildman–Crippen LogP) is 1.67. The second-order valence-electron chi connectivity index (χ2n) is 6.68. The van der Waals surface area contributed by atoms with Crippen molar-refractivity contribution in [3.05, 3.63) is 47.5 Å². The van der Waals surface area contributed by atoms with Crippen LogP contribution in [0, 0.1) is 0 Å². The van der Waals surface area contributed by atoms with E-state index in [9.17, 15) is 18.6 Å². The van der Waals surface area contributed by atoms with Gasteiger partial charge in [0.05, 0.1) is 31.3 Å². The number of anilines is 1. The van der Waals surface area contributed by atoms with Crippen molar-refractivity contribution in [2.24, 2.45) is 5.73 Å². The normalized spacial score (nSPS) is 13.5. The van der Waals surface area contributed by atoms with E-state index in [0.717, 1.165) is 11.8 Å². The van der Waals surface area contributed by atoms with E-state index in [0.29, 0.717) is 36.8 Å². The van der Waals surface area contributed by atoms with Crippen LogP contribution in [0.1, 0.15) is 31.1 Å². The van der Waals surface area contributed by atoms with E-state index in [1.54, 1.807) is 6.07 Å². The number of phenolic OH excluding ortho intramolecular Hbond substituents is 1. The summed E-state index contributed by atoms with van der Waals surface area (Å²) >= 11 is 0. The van der Waals surface area contributed by atoms with Crippen LogP contribution in [0.25, 0.3) is 0 Å². The topological polar surface area (TPSA) is 143 Å². The van der Waals surface area contributed by atoms with Gasteiger partial charge in [-0.05, 0) is 49.2 Å². The highest BCUT2D eigenvalue weighted by molar-refractivity contribution is 7.92. The fraction of sp³-hybridized carbons (Fsp3) is 0.400. The zero-order valence-electron chi connectivity index (χ0n) is 17.3. The highest BCUT2D eigenvalue weighted by atomic mass is 32.2. The largest absolute Gasteiger partial charge is 0.506 e. The minimum Gasteiger partial charge on any atom is -0.506 e. The van der Waals surface area contributed by atoms with E-state index in [1.807, 2.05) is 26.0 Å². The molecule has 0 amide bonds. The molecule has 2 aromatic rings. The predicted molar refractivity (Wildman–Crippen MR) is 115 cm³/mol. The number of nitrogens with one attached hydrogen (secondary N) is 2. The summed E-state index contributed by atoms with van der Waals surface area (Å²) in [6, 6.07) is 9.61. The first-order chi connectivity index (χ1) is 14.1. The fourth-order valence-corrected chi connectivity index (χ4v) is 3.37. The lowest BCUT2D eigenvalue weighted by molar-refractivity contribution is 0.130. The molecule has 6 N–H and O–H groups in total. The third kappa shape index (κ3) is 7.06. The average Bonchev–Trinajstić information content (AvgIpc) is 2.66. The second-order valence-corrected chi connectivity index (χ2v) is 8.43. The molecule has 0 bridgehead atoms. The highest BCUT2D eigenvalue weighted by Crippen LogP contribution is 2.29. The first-order valence-electron chi connectivity index (χ1n) is 9.50. The van der Waals surface area contributed by atoms with Gasteiger partial charge >= 0.3 is 0 Å². The Kier molecular flexibility index (Phi) is 8.30. The summed E-state index contributed by atoms with van der Waals surface area (Å²) in [6.45, 7) is 5.16. The fourth-order valence-electron chi connectivity index (χ4n) is 2.81. The molecule has 0 saturated carbocycles. The molecule has 0 unspecified atom stereocenters. The number of aromatic hydroxyl groups is 1. The molecule has 0 fully saturated rings. The SMILES string of the molecule is CCOc1cc(CN[C@@H](N)[C@H](O)c2ccc(O)c(NS(C)(=O)=O)c2)cc(OCC)c1. The molecule has 0 spiro atoms. The number of hydrogen-bond acceptors (Lipinski definition) is 8. The molecular weight excluding hydrogens is 410 g/mol. The highest BCUT2D eigenvalue weighted by Gasteiger charge is 2.19. The van der Waals surface area contributed by atoms with Crippen LogP contribution >= 0.6 is 0 Å².